The Bertz CT molecular complexity index is 279. The number of hydrogen-bond donors (Lipinski definition) is 1. The van der Waals surface area contributed by atoms with Crippen molar-refractivity contribution in [3.05, 3.63) is 20.8 Å². The smallest absolute Gasteiger partial charge is 0.0701 e. The quantitative estimate of drug-likeness (QED) is 0.880. The van der Waals surface area contributed by atoms with Crippen LogP contribution in [0.25, 0.3) is 0 Å². The van der Waals surface area contributed by atoms with E-state index in [0.29, 0.717) is 0 Å². The molecular weight excluding hydrogens is 258 g/mol. The first-order chi connectivity index (χ1) is 6.84. The second-order valence-electron chi connectivity index (χ2n) is 3.99. The summed E-state index contributed by atoms with van der Waals surface area (Å²) in [7, 11) is 0. The minimum absolute atomic E-state index is 0.943. The number of hydrogen-bond acceptors (Lipinski definition) is 2. The fraction of sp³-hybridized carbons (Fsp3) is 0.636. The Labute approximate surface area is 98.0 Å². The highest BCUT2D eigenvalue weighted by atomic mass is 79.9. The summed E-state index contributed by atoms with van der Waals surface area (Å²) in [5.74, 6) is 0.943. The molecule has 1 aliphatic rings. The lowest BCUT2D eigenvalue weighted by molar-refractivity contribution is 0.491. The lowest BCUT2D eigenvalue weighted by atomic mass is 10.1. The highest BCUT2D eigenvalue weighted by Gasteiger charge is 2.13. The average Bonchev–Trinajstić information content (AvgIpc) is 2.77. The van der Waals surface area contributed by atoms with Crippen LogP contribution in [0.5, 0.6) is 0 Å². The van der Waals surface area contributed by atoms with Gasteiger partial charge in [-0.3, -0.25) is 0 Å². The van der Waals surface area contributed by atoms with Crippen molar-refractivity contribution in [2.24, 2.45) is 5.92 Å². The Morgan fingerprint density at radius 1 is 1.36 bits per heavy atom. The van der Waals surface area contributed by atoms with Crippen LogP contribution in [0.15, 0.2) is 15.9 Å². The maximum Gasteiger partial charge on any atom is 0.0701 e. The molecule has 1 heterocycles. The molecule has 0 saturated heterocycles. The minimum Gasteiger partial charge on any atom is -0.312 e. The molecule has 1 N–H and O–H groups in total. The summed E-state index contributed by atoms with van der Waals surface area (Å²) in [5.41, 5.74) is 0. The van der Waals surface area contributed by atoms with Gasteiger partial charge in [0.15, 0.2) is 0 Å². The summed E-state index contributed by atoms with van der Waals surface area (Å²) >= 11 is 5.31. The highest BCUT2D eigenvalue weighted by Crippen LogP contribution is 2.24. The van der Waals surface area contributed by atoms with Crippen molar-refractivity contribution in [1.29, 1.82) is 0 Å². The van der Waals surface area contributed by atoms with E-state index in [2.05, 4.69) is 33.4 Å². The van der Waals surface area contributed by atoms with Gasteiger partial charge in [0.05, 0.1) is 3.79 Å². The van der Waals surface area contributed by atoms with Crippen LogP contribution in [0.3, 0.4) is 0 Å². The lowest BCUT2D eigenvalue weighted by Gasteiger charge is -2.09. The van der Waals surface area contributed by atoms with Gasteiger partial charge in [-0.2, -0.15) is 0 Å². The van der Waals surface area contributed by atoms with E-state index >= 15 is 0 Å². The second kappa shape index (κ2) is 5.29. The summed E-state index contributed by atoms with van der Waals surface area (Å²) in [5, 5.41) is 3.55. The van der Waals surface area contributed by atoms with E-state index in [1.807, 2.05) is 11.3 Å². The summed E-state index contributed by atoms with van der Waals surface area (Å²) < 4.78 is 1.23. The fourth-order valence-electron chi connectivity index (χ4n) is 2.06. The van der Waals surface area contributed by atoms with Crippen molar-refractivity contribution in [2.45, 2.75) is 32.2 Å². The third kappa shape index (κ3) is 3.07. The van der Waals surface area contributed by atoms with Crippen molar-refractivity contribution in [1.82, 2.24) is 5.32 Å². The maximum atomic E-state index is 3.55. The number of rotatable bonds is 4. The highest BCUT2D eigenvalue weighted by molar-refractivity contribution is 9.11. The summed E-state index contributed by atoms with van der Waals surface area (Å²) in [6.45, 7) is 2.24. The van der Waals surface area contributed by atoms with Crippen LogP contribution < -0.4 is 5.32 Å². The van der Waals surface area contributed by atoms with E-state index in [0.717, 1.165) is 12.5 Å². The predicted octanol–water partition coefficient (Wildman–Crippen LogP) is 3.79. The van der Waals surface area contributed by atoms with E-state index in [1.165, 1.54) is 40.9 Å². The Kier molecular flexibility index (Phi) is 4.02. The zero-order valence-corrected chi connectivity index (χ0v) is 10.7. The van der Waals surface area contributed by atoms with Crippen LogP contribution in [-0.4, -0.2) is 6.54 Å². The molecule has 0 aliphatic heterocycles. The van der Waals surface area contributed by atoms with E-state index in [-0.39, 0.29) is 0 Å². The van der Waals surface area contributed by atoms with Gasteiger partial charge in [-0.15, -0.1) is 11.3 Å². The van der Waals surface area contributed by atoms with Crippen LogP contribution in [0.1, 0.15) is 30.6 Å². The lowest BCUT2D eigenvalue weighted by Crippen LogP contribution is -2.20. The molecule has 78 valence electrons. The topological polar surface area (TPSA) is 12.0 Å². The molecule has 1 fully saturated rings. The van der Waals surface area contributed by atoms with E-state index in [4.69, 9.17) is 0 Å². The van der Waals surface area contributed by atoms with Gasteiger partial charge in [-0.1, -0.05) is 12.8 Å². The average molecular weight is 274 g/mol. The molecule has 0 radical (unpaired) electrons. The Morgan fingerprint density at radius 2 is 2.14 bits per heavy atom. The minimum atomic E-state index is 0.943. The van der Waals surface area contributed by atoms with Crippen molar-refractivity contribution in [2.75, 3.05) is 6.54 Å². The second-order valence-corrected chi connectivity index (χ2v) is 6.53. The maximum absolute atomic E-state index is 3.55. The van der Waals surface area contributed by atoms with Gasteiger partial charge in [0.2, 0.25) is 0 Å². The molecule has 0 atom stereocenters. The number of thiophene rings is 1. The normalized spacial score (nSPS) is 17.8. The molecular formula is C11H16BrNS. The molecule has 2 rings (SSSR count). The van der Waals surface area contributed by atoms with Crippen LogP contribution in [0.2, 0.25) is 0 Å². The third-order valence-electron chi connectivity index (χ3n) is 2.84. The fourth-order valence-corrected chi connectivity index (χ4v) is 3.51. The van der Waals surface area contributed by atoms with Crippen LogP contribution in [-0.2, 0) is 6.54 Å². The Hall–Kier alpha value is 0.140. The third-order valence-corrected chi connectivity index (χ3v) is 4.46. The molecule has 1 aliphatic carbocycles. The van der Waals surface area contributed by atoms with Crippen LogP contribution in [0.4, 0.5) is 0 Å². The number of halogens is 1. The van der Waals surface area contributed by atoms with Crippen LogP contribution >= 0.6 is 27.3 Å². The van der Waals surface area contributed by atoms with Gasteiger partial charge >= 0.3 is 0 Å². The van der Waals surface area contributed by atoms with Gasteiger partial charge in [0, 0.05) is 11.4 Å². The molecule has 0 amide bonds. The molecule has 0 bridgehead atoms. The molecule has 14 heavy (non-hydrogen) atoms. The molecule has 1 aromatic rings. The molecule has 0 unspecified atom stereocenters. The monoisotopic (exact) mass is 273 g/mol. The van der Waals surface area contributed by atoms with E-state index < -0.39 is 0 Å². The summed E-state index contributed by atoms with van der Waals surface area (Å²) in [4.78, 5) is 1.43. The first kappa shape index (κ1) is 10.7. The van der Waals surface area contributed by atoms with Gasteiger partial charge in [0.1, 0.15) is 0 Å². The molecule has 0 aromatic carbocycles. The summed E-state index contributed by atoms with van der Waals surface area (Å²) in [6, 6.07) is 4.31. The first-order valence-corrected chi connectivity index (χ1v) is 6.90. The van der Waals surface area contributed by atoms with E-state index in [1.54, 1.807) is 0 Å². The van der Waals surface area contributed by atoms with Crippen molar-refractivity contribution >= 4 is 27.3 Å². The van der Waals surface area contributed by atoms with Crippen LogP contribution in [0, 0.1) is 5.92 Å². The Morgan fingerprint density at radius 3 is 2.79 bits per heavy atom. The Balaban J connectivity index is 1.67. The molecule has 1 nitrogen and oxygen atoms in total. The van der Waals surface area contributed by atoms with Gasteiger partial charge in [-0.25, -0.2) is 0 Å². The van der Waals surface area contributed by atoms with Crippen molar-refractivity contribution < 1.29 is 0 Å². The SMILES string of the molecule is Brc1ccc(CNCC2CCCC2)s1. The standard InChI is InChI=1S/C11H16BrNS/c12-11-6-5-10(14-11)8-13-7-9-3-1-2-4-9/h5-6,9,13H,1-4,7-8H2. The zero-order chi connectivity index (χ0) is 9.80. The molecule has 3 heteroatoms. The predicted molar refractivity (Wildman–Crippen MR) is 65.7 cm³/mol. The first-order valence-electron chi connectivity index (χ1n) is 5.29. The molecule has 0 spiro atoms. The van der Waals surface area contributed by atoms with E-state index in [9.17, 15) is 0 Å². The largest absolute Gasteiger partial charge is 0.312 e. The zero-order valence-electron chi connectivity index (χ0n) is 8.26. The van der Waals surface area contributed by atoms with Crippen molar-refractivity contribution in [3.63, 3.8) is 0 Å². The number of nitrogens with one attached hydrogen (secondary N) is 1. The molecule has 1 saturated carbocycles. The van der Waals surface area contributed by atoms with Gasteiger partial charge in [-0.05, 0) is 53.4 Å². The van der Waals surface area contributed by atoms with Gasteiger partial charge < -0.3 is 5.32 Å². The summed E-state index contributed by atoms with van der Waals surface area (Å²) in [6.07, 6.45) is 5.75. The van der Waals surface area contributed by atoms with Gasteiger partial charge in [0.25, 0.3) is 0 Å². The van der Waals surface area contributed by atoms with Crippen molar-refractivity contribution in [3.8, 4) is 0 Å². The molecule has 1 aromatic heterocycles.